The molecule has 7 nitrogen and oxygen atoms in total. The highest BCUT2D eigenvalue weighted by Gasteiger charge is 2.31. The molecule has 1 fully saturated rings. The lowest BCUT2D eigenvalue weighted by molar-refractivity contribution is -0.138. The van der Waals surface area contributed by atoms with E-state index < -0.39 is 6.04 Å². The van der Waals surface area contributed by atoms with Gasteiger partial charge in [0, 0.05) is 32.4 Å². The highest BCUT2D eigenvalue weighted by molar-refractivity contribution is 5.88. The van der Waals surface area contributed by atoms with E-state index in [-0.39, 0.29) is 24.3 Å². The number of amides is 2. The first-order valence-electron chi connectivity index (χ1n) is 9.96. The normalized spacial score (nSPS) is 15.1. The summed E-state index contributed by atoms with van der Waals surface area (Å²) in [6, 6.07) is 14.4. The molecule has 0 bridgehead atoms. The van der Waals surface area contributed by atoms with Crippen LogP contribution in [0.15, 0.2) is 54.7 Å². The molecule has 154 valence electrons. The number of nitrogens with zero attached hydrogens (tertiary/aromatic N) is 3. The predicted molar refractivity (Wildman–Crippen MR) is 112 cm³/mol. The Kier molecular flexibility index (Phi) is 7.05. The van der Waals surface area contributed by atoms with Gasteiger partial charge in [0.2, 0.25) is 5.91 Å². The molecule has 1 saturated heterocycles. The SMILES string of the molecule is CC(C)[C@H](NC(=O)COc1ccccc1)C(=O)N1CCN(c2ccccn2)CC1. The van der Waals surface area contributed by atoms with Crippen molar-refractivity contribution in [3.05, 3.63) is 54.7 Å². The van der Waals surface area contributed by atoms with E-state index in [1.165, 1.54) is 0 Å². The molecule has 1 aliphatic heterocycles. The van der Waals surface area contributed by atoms with Gasteiger partial charge in [0.05, 0.1) is 0 Å². The van der Waals surface area contributed by atoms with Crippen LogP contribution in [0.2, 0.25) is 0 Å². The van der Waals surface area contributed by atoms with Crippen LogP contribution in [0.4, 0.5) is 5.82 Å². The monoisotopic (exact) mass is 396 g/mol. The topological polar surface area (TPSA) is 74.8 Å². The maximum atomic E-state index is 13.0. The third kappa shape index (κ3) is 5.70. The van der Waals surface area contributed by atoms with Gasteiger partial charge in [0.1, 0.15) is 17.6 Å². The summed E-state index contributed by atoms with van der Waals surface area (Å²) >= 11 is 0. The molecule has 3 rings (SSSR count). The second kappa shape index (κ2) is 9.91. The van der Waals surface area contributed by atoms with Crippen LogP contribution in [0.1, 0.15) is 13.8 Å². The number of hydrogen-bond acceptors (Lipinski definition) is 5. The van der Waals surface area contributed by atoms with Crippen LogP contribution in [-0.4, -0.2) is 60.5 Å². The van der Waals surface area contributed by atoms with Gasteiger partial charge in [-0.3, -0.25) is 9.59 Å². The van der Waals surface area contributed by atoms with Crippen molar-refractivity contribution in [1.82, 2.24) is 15.2 Å². The summed E-state index contributed by atoms with van der Waals surface area (Å²) in [4.78, 5) is 33.7. The number of pyridine rings is 1. The van der Waals surface area contributed by atoms with Crippen LogP contribution >= 0.6 is 0 Å². The summed E-state index contributed by atoms with van der Waals surface area (Å²) in [5, 5.41) is 2.85. The average molecular weight is 396 g/mol. The smallest absolute Gasteiger partial charge is 0.258 e. The molecule has 1 aromatic heterocycles. The molecule has 0 saturated carbocycles. The summed E-state index contributed by atoms with van der Waals surface area (Å²) in [7, 11) is 0. The van der Waals surface area contributed by atoms with Crippen molar-refractivity contribution in [3.8, 4) is 5.75 Å². The third-order valence-corrected chi connectivity index (χ3v) is 4.93. The largest absolute Gasteiger partial charge is 0.484 e. The minimum atomic E-state index is -0.566. The van der Waals surface area contributed by atoms with Crippen LogP contribution in [0.5, 0.6) is 5.75 Å². The van der Waals surface area contributed by atoms with E-state index >= 15 is 0 Å². The van der Waals surface area contributed by atoms with Gasteiger partial charge in [-0.25, -0.2) is 4.98 Å². The summed E-state index contributed by atoms with van der Waals surface area (Å²) in [6.45, 7) is 6.41. The van der Waals surface area contributed by atoms with E-state index in [0.717, 1.165) is 18.9 Å². The van der Waals surface area contributed by atoms with Gasteiger partial charge in [-0.15, -0.1) is 0 Å². The van der Waals surface area contributed by atoms with Crippen LogP contribution in [-0.2, 0) is 9.59 Å². The van der Waals surface area contributed by atoms with Gasteiger partial charge in [0.15, 0.2) is 6.61 Å². The van der Waals surface area contributed by atoms with Gasteiger partial charge in [-0.05, 0) is 30.2 Å². The number of benzene rings is 1. The molecular weight excluding hydrogens is 368 g/mol. The molecule has 1 aromatic carbocycles. The maximum Gasteiger partial charge on any atom is 0.258 e. The lowest BCUT2D eigenvalue weighted by Gasteiger charge is -2.37. The van der Waals surface area contributed by atoms with Gasteiger partial charge in [-0.2, -0.15) is 0 Å². The van der Waals surface area contributed by atoms with Crippen LogP contribution in [0.3, 0.4) is 0 Å². The summed E-state index contributed by atoms with van der Waals surface area (Å²) < 4.78 is 5.49. The number of nitrogens with one attached hydrogen (secondary N) is 1. The molecular formula is C22H28N4O3. The van der Waals surface area contributed by atoms with E-state index in [1.807, 2.05) is 55.1 Å². The van der Waals surface area contributed by atoms with Crippen molar-refractivity contribution in [2.24, 2.45) is 5.92 Å². The fraction of sp³-hybridized carbons (Fsp3) is 0.409. The number of anilines is 1. The molecule has 0 radical (unpaired) electrons. The summed E-state index contributed by atoms with van der Waals surface area (Å²) in [6.07, 6.45) is 1.77. The van der Waals surface area contributed by atoms with E-state index in [0.29, 0.717) is 18.8 Å². The molecule has 1 aliphatic rings. The minimum absolute atomic E-state index is 0.0167. The van der Waals surface area contributed by atoms with E-state index in [9.17, 15) is 9.59 Å². The molecule has 29 heavy (non-hydrogen) atoms. The Morgan fingerprint density at radius 3 is 2.34 bits per heavy atom. The number of aromatic nitrogens is 1. The van der Waals surface area contributed by atoms with E-state index in [1.54, 1.807) is 18.3 Å². The predicted octanol–water partition coefficient (Wildman–Crippen LogP) is 1.95. The van der Waals surface area contributed by atoms with Crippen LogP contribution < -0.4 is 15.0 Å². The Morgan fingerprint density at radius 2 is 1.72 bits per heavy atom. The molecule has 2 heterocycles. The zero-order chi connectivity index (χ0) is 20.6. The number of rotatable bonds is 7. The maximum absolute atomic E-state index is 13.0. The first kappa shape index (κ1) is 20.6. The minimum Gasteiger partial charge on any atom is -0.484 e. The lowest BCUT2D eigenvalue weighted by atomic mass is 10.0. The third-order valence-electron chi connectivity index (χ3n) is 4.93. The van der Waals surface area contributed by atoms with Crippen LogP contribution in [0.25, 0.3) is 0 Å². The van der Waals surface area contributed by atoms with Crippen molar-refractivity contribution < 1.29 is 14.3 Å². The van der Waals surface area contributed by atoms with Crippen molar-refractivity contribution in [2.75, 3.05) is 37.7 Å². The van der Waals surface area contributed by atoms with E-state index in [4.69, 9.17) is 4.74 Å². The summed E-state index contributed by atoms with van der Waals surface area (Å²) in [5.41, 5.74) is 0. The van der Waals surface area contributed by atoms with Gasteiger partial charge in [-0.1, -0.05) is 38.1 Å². The number of ether oxygens (including phenoxy) is 1. The molecule has 2 amide bonds. The molecule has 0 aliphatic carbocycles. The number of piperazine rings is 1. The highest BCUT2D eigenvalue weighted by atomic mass is 16.5. The standard InChI is InChI=1S/C22H28N4O3/c1-17(2)21(24-20(27)16-29-18-8-4-3-5-9-18)22(28)26-14-12-25(13-15-26)19-10-6-7-11-23-19/h3-11,17,21H,12-16H2,1-2H3,(H,24,27)/t21-/m0/s1. The Hall–Kier alpha value is -3.09. The zero-order valence-corrected chi connectivity index (χ0v) is 17.0. The van der Waals surface area contributed by atoms with Crippen molar-refractivity contribution >= 4 is 17.6 Å². The molecule has 0 unspecified atom stereocenters. The molecule has 1 N–H and O–H groups in total. The summed E-state index contributed by atoms with van der Waals surface area (Å²) in [5.74, 6) is 1.19. The highest BCUT2D eigenvalue weighted by Crippen LogP contribution is 2.15. The average Bonchev–Trinajstić information content (AvgIpc) is 2.77. The van der Waals surface area contributed by atoms with Crippen molar-refractivity contribution in [2.45, 2.75) is 19.9 Å². The zero-order valence-electron chi connectivity index (χ0n) is 17.0. The van der Waals surface area contributed by atoms with Gasteiger partial charge in [0.25, 0.3) is 5.91 Å². The molecule has 7 heteroatoms. The lowest BCUT2D eigenvalue weighted by Crippen LogP contribution is -2.57. The van der Waals surface area contributed by atoms with Gasteiger partial charge < -0.3 is 19.9 Å². The second-order valence-electron chi connectivity index (χ2n) is 7.39. The first-order valence-corrected chi connectivity index (χ1v) is 9.96. The molecule has 1 atom stereocenters. The quantitative estimate of drug-likeness (QED) is 0.774. The molecule has 0 spiro atoms. The Morgan fingerprint density at radius 1 is 1.03 bits per heavy atom. The fourth-order valence-corrected chi connectivity index (χ4v) is 3.29. The van der Waals surface area contributed by atoms with E-state index in [2.05, 4.69) is 15.2 Å². The fourth-order valence-electron chi connectivity index (χ4n) is 3.29. The van der Waals surface area contributed by atoms with Crippen molar-refractivity contribution in [3.63, 3.8) is 0 Å². The van der Waals surface area contributed by atoms with Gasteiger partial charge >= 0.3 is 0 Å². The number of carbonyl (C=O) groups excluding carboxylic acids is 2. The Bertz CT molecular complexity index is 790. The number of para-hydroxylation sites is 1. The first-order chi connectivity index (χ1) is 14.0. The van der Waals surface area contributed by atoms with Crippen molar-refractivity contribution in [1.29, 1.82) is 0 Å². The van der Waals surface area contributed by atoms with Crippen LogP contribution in [0, 0.1) is 5.92 Å². The number of carbonyl (C=O) groups is 2. The molecule has 2 aromatic rings. The number of hydrogen-bond donors (Lipinski definition) is 1. The Balaban J connectivity index is 1.52. The Labute approximate surface area is 171 Å². The second-order valence-corrected chi connectivity index (χ2v) is 7.39.